The summed E-state index contributed by atoms with van der Waals surface area (Å²) in [5.74, 6) is 0.103. The van der Waals surface area contributed by atoms with Crippen molar-refractivity contribution in [2.24, 2.45) is 0 Å². The number of ether oxygens (including phenoxy) is 1. The minimum Gasteiger partial charge on any atom is -0.376 e. The zero-order valence-electron chi connectivity index (χ0n) is 13.9. The Morgan fingerprint density at radius 2 is 1.88 bits per heavy atom. The van der Waals surface area contributed by atoms with Crippen LogP contribution in [0.5, 0.6) is 0 Å². The smallest absolute Gasteiger partial charge is 0.253 e. The third kappa shape index (κ3) is 4.55. The molecule has 2 heterocycles. The van der Waals surface area contributed by atoms with Crippen molar-refractivity contribution in [1.29, 1.82) is 0 Å². The Kier molecular flexibility index (Phi) is 5.82. The third-order valence-electron chi connectivity index (χ3n) is 4.60. The van der Waals surface area contributed by atoms with Gasteiger partial charge < -0.3 is 15.0 Å². The van der Waals surface area contributed by atoms with Crippen molar-refractivity contribution in [3.05, 3.63) is 35.9 Å². The standard InChI is InChI=1S/C18H25N3O3/c22-17(19-13-16-7-4-12-24-16)14-20-8-10-21(11-9-20)18(23)15-5-2-1-3-6-15/h1-3,5-6,16H,4,7-14H2,(H,19,22)/t16-/m0/s1. The summed E-state index contributed by atoms with van der Waals surface area (Å²) in [6.45, 7) is 4.57. The first-order valence-corrected chi connectivity index (χ1v) is 8.67. The molecule has 130 valence electrons. The molecule has 0 spiro atoms. The van der Waals surface area contributed by atoms with E-state index in [1.807, 2.05) is 35.2 Å². The summed E-state index contributed by atoms with van der Waals surface area (Å²) in [4.78, 5) is 28.4. The molecule has 1 aromatic rings. The van der Waals surface area contributed by atoms with E-state index in [9.17, 15) is 9.59 Å². The maximum Gasteiger partial charge on any atom is 0.253 e. The molecule has 6 nitrogen and oxygen atoms in total. The van der Waals surface area contributed by atoms with E-state index in [1.54, 1.807) is 0 Å². The van der Waals surface area contributed by atoms with Crippen molar-refractivity contribution in [1.82, 2.24) is 15.1 Å². The molecule has 0 bridgehead atoms. The van der Waals surface area contributed by atoms with E-state index in [2.05, 4.69) is 10.2 Å². The molecule has 0 saturated carbocycles. The molecule has 2 aliphatic heterocycles. The fourth-order valence-electron chi connectivity index (χ4n) is 3.16. The zero-order valence-corrected chi connectivity index (χ0v) is 13.9. The van der Waals surface area contributed by atoms with Gasteiger partial charge in [-0.05, 0) is 25.0 Å². The van der Waals surface area contributed by atoms with Gasteiger partial charge in [-0.2, -0.15) is 0 Å². The Morgan fingerprint density at radius 3 is 2.54 bits per heavy atom. The van der Waals surface area contributed by atoms with Gasteiger partial charge in [-0.25, -0.2) is 0 Å². The molecule has 1 aromatic carbocycles. The Balaban J connectivity index is 1.38. The number of carbonyl (C=O) groups excluding carboxylic acids is 2. The highest BCUT2D eigenvalue weighted by Crippen LogP contribution is 2.11. The molecule has 6 heteroatoms. The first-order valence-electron chi connectivity index (χ1n) is 8.67. The van der Waals surface area contributed by atoms with Gasteiger partial charge in [-0.1, -0.05) is 18.2 Å². The molecule has 3 rings (SSSR count). The van der Waals surface area contributed by atoms with E-state index < -0.39 is 0 Å². The van der Waals surface area contributed by atoms with Gasteiger partial charge >= 0.3 is 0 Å². The summed E-state index contributed by atoms with van der Waals surface area (Å²) >= 11 is 0. The van der Waals surface area contributed by atoms with Crippen molar-refractivity contribution in [3.8, 4) is 0 Å². The fraction of sp³-hybridized carbons (Fsp3) is 0.556. The molecule has 0 radical (unpaired) electrons. The maximum absolute atomic E-state index is 12.4. The molecule has 2 aliphatic rings. The molecule has 2 fully saturated rings. The highest BCUT2D eigenvalue weighted by Gasteiger charge is 2.23. The van der Waals surface area contributed by atoms with Gasteiger partial charge in [0.1, 0.15) is 0 Å². The highest BCUT2D eigenvalue weighted by molar-refractivity contribution is 5.94. The largest absolute Gasteiger partial charge is 0.376 e. The lowest BCUT2D eigenvalue weighted by Crippen LogP contribution is -2.51. The predicted octanol–water partition coefficient (Wildman–Crippen LogP) is 0.740. The second-order valence-corrected chi connectivity index (χ2v) is 6.37. The summed E-state index contributed by atoms with van der Waals surface area (Å²) in [6.07, 6.45) is 2.28. The van der Waals surface area contributed by atoms with E-state index in [4.69, 9.17) is 4.74 Å². The minimum atomic E-state index is 0.0355. The van der Waals surface area contributed by atoms with Crippen molar-refractivity contribution >= 4 is 11.8 Å². The van der Waals surface area contributed by atoms with Gasteiger partial charge in [0.15, 0.2) is 0 Å². The topological polar surface area (TPSA) is 61.9 Å². The van der Waals surface area contributed by atoms with Crippen LogP contribution in [0.15, 0.2) is 30.3 Å². The molecule has 2 amide bonds. The average Bonchev–Trinajstić information content (AvgIpc) is 3.14. The fourth-order valence-corrected chi connectivity index (χ4v) is 3.16. The lowest BCUT2D eigenvalue weighted by molar-refractivity contribution is -0.123. The lowest BCUT2D eigenvalue weighted by Gasteiger charge is -2.34. The van der Waals surface area contributed by atoms with Gasteiger partial charge in [0.2, 0.25) is 5.91 Å². The number of nitrogens with zero attached hydrogens (tertiary/aromatic N) is 2. The third-order valence-corrected chi connectivity index (χ3v) is 4.60. The highest BCUT2D eigenvalue weighted by atomic mass is 16.5. The SMILES string of the molecule is O=C(CN1CCN(C(=O)c2ccccc2)CC1)NC[C@@H]1CCCO1. The summed E-state index contributed by atoms with van der Waals surface area (Å²) < 4.78 is 5.50. The van der Waals surface area contributed by atoms with Gasteiger partial charge in [-0.15, -0.1) is 0 Å². The van der Waals surface area contributed by atoms with Crippen molar-refractivity contribution < 1.29 is 14.3 Å². The van der Waals surface area contributed by atoms with Crippen LogP contribution in [0.1, 0.15) is 23.2 Å². The Bertz CT molecular complexity index is 550. The molecule has 1 N–H and O–H groups in total. The van der Waals surface area contributed by atoms with E-state index in [0.29, 0.717) is 26.2 Å². The van der Waals surface area contributed by atoms with Gasteiger partial charge in [0, 0.05) is 44.9 Å². The molecule has 0 aromatic heterocycles. The molecule has 2 saturated heterocycles. The van der Waals surface area contributed by atoms with Crippen LogP contribution in [-0.4, -0.2) is 73.6 Å². The molecule has 0 unspecified atom stereocenters. The lowest BCUT2D eigenvalue weighted by atomic mass is 10.2. The number of piperazine rings is 1. The van der Waals surface area contributed by atoms with Crippen LogP contribution < -0.4 is 5.32 Å². The van der Waals surface area contributed by atoms with Crippen LogP contribution in [0.4, 0.5) is 0 Å². The monoisotopic (exact) mass is 331 g/mol. The van der Waals surface area contributed by atoms with Crippen molar-refractivity contribution in [2.45, 2.75) is 18.9 Å². The molecule has 24 heavy (non-hydrogen) atoms. The zero-order chi connectivity index (χ0) is 16.8. The normalized spacial score (nSPS) is 21.7. The van der Waals surface area contributed by atoms with E-state index in [-0.39, 0.29) is 17.9 Å². The molecule has 0 aliphatic carbocycles. The number of amides is 2. The number of hydrogen-bond donors (Lipinski definition) is 1. The quantitative estimate of drug-likeness (QED) is 0.864. The maximum atomic E-state index is 12.4. The van der Waals surface area contributed by atoms with Crippen LogP contribution >= 0.6 is 0 Å². The second kappa shape index (κ2) is 8.26. The van der Waals surface area contributed by atoms with Crippen LogP contribution in [-0.2, 0) is 9.53 Å². The second-order valence-electron chi connectivity index (χ2n) is 6.37. The number of benzene rings is 1. The molecular formula is C18H25N3O3. The van der Waals surface area contributed by atoms with Gasteiger partial charge in [0.05, 0.1) is 12.6 Å². The van der Waals surface area contributed by atoms with E-state index >= 15 is 0 Å². The average molecular weight is 331 g/mol. The van der Waals surface area contributed by atoms with E-state index in [1.165, 1.54) is 0 Å². The number of nitrogens with one attached hydrogen (secondary N) is 1. The summed E-state index contributed by atoms with van der Waals surface area (Å²) in [7, 11) is 0. The van der Waals surface area contributed by atoms with Crippen LogP contribution in [0.25, 0.3) is 0 Å². The van der Waals surface area contributed by atoms with E-state index in [0.717, 1.165) is 38.1 Å². The minimum absolute atomic E-state index is 0.0355. The van der Waals surface area contributed by atoms with Crippen molar-refractivity contribution in [2.75, 3.05) is 45.9 Å². The first-order chi connectivity index (χ1) is 11.7. The first kappa shape index (κ1) is 16.9. The van der Waals surface area contributed by atoms with Crippen LogP contribution in [0, 0.1) is 0 Å². The Morgan fingerprint density at radius 1 is 1.12 bits per heavy atom. The summed E-state index contributed by atoms with van der Waals surface area (Å²) in [6, 6.07) is 9.34. The Hall–Kier alpha value is -1.92. The predicted molar refractivity (Wildman–Crippen MR) is 90.8 cm³/mol. The summed E-state index contributed by atoms with van der Waals surface area (Å²) in [5, 5.41) is 2.95. The van der Waals surface area contributed by atoms with Crippen molar-refractivity contribution in [3.63, 3.8) is 0 Å². The van der Waals surface area contributed by atoms with Gasteiger partial charge in [0.25, 0.3) is 5.91 Å². The Labute approximate surface area is 142 Å². The molecular weight excluding hydrogens is 306 g/mol. The number of rotatable bonds is 5. The summed E-state index contributed by atoms with van der Waals surface area (Å²) in [5.41, 5.74) is 0.722. The van der Waals surface area contributed by atoms with Gasteiger partial charge in [-0.3, -0.25) is 14.5 Å². The van der Waals surface area contributed by atoms with Crippen LogP contribution in [0.3, 0.4) is 0 Å². The number of hydrogen-bond acceptors (Lipinski definition) is 4. The van der Waals surface area contributed by atoms with Crippen LogP contribution in [0.2, 0.25) is 0 Å². The number of carbonyl (C=O) groups is 2. The molecule has 1 atom stereocenters.